The van der Waals surface area contributed by atoms with Crippen LogP contribution in [-0.2, 0) is 6.54 Å². The lowest BCUT2D eigenvalue weighted by molar-refractivity contribution is -0.385. The van der Waals surface area contributed by atoms with Gasteiger partial charge in [-0.2, -0.15) is 5.10 Å². The lowest BCUT2D eigenvalue weighted by Gasteiger charge is -2.19. The Labute approximate surface area is 111 Å². The Morgan fingerprint density at radius 2 is 2.11 bits per heavy atom. The maximum atomic E-state index is 12.4. The van der Waals surface area contributed by atoms with Crippen LogP contribution in [0.2, 0.25) is 0 Å². The molecule has 1 heterocycles. The van der Waals surface area contributed by atoms with Crippen molar-refractivity contribution in [3.63, 3.8) is 0 Å². The number of amides is 1. The van der Waals surface area contributed by atoms with Gasteiger partial charge in [0.2, 0.25) is 5.69 Å². The Balaban J connectivity index is 3.21. The topological polar surface area (TPSA) is 81.3 Å². The third kappa shape index (κ3) is 3.06. The number of rotatable bonds is 7. The fourth-order valence-corrected chi connectivity index (χ4v) is 1.67. The minimum atomic E-state index is -0.605. The van der Waals surface area contributed by atoms with Crippen LogP contribution in [-0.4, -0.2) is 38.6 Å². The molecule has 0 spiro atoms. The molecule has 0 aliphatic heterocycles. The summed E-state index contributed by atoms with van der Waals surface area (Å²) in [7, 11) is 0. The molecule has 0 saturated heterocycles. The quantitative estimate of drug-likeness (QED) is 0.426. The van der Waals surface area contributed by atoms with Gasteiger partial charge in [0, 0.05) is 19.6 Å². The molecule has 1 aromatic rings. The predicted octanol–water partition coefficient (Wildman–Crippen LogP) is 1.63. The third-order valence-corrected chi connectivity index (χ3v) is 2.51. The molecule has 102 valence electrons. The highest BCUT2D eigenvalue weighted by atomic mass is 16.6. The summed E-state index contributed by atoms with van der Waals surface area (Å²) in [5.41, 5.74) is -0.304. The van der Waals surface area contributed by atoms with E-state index in [2.05, 4.69) is 18.3 Å². The van der Waals surface area contributed by atoms with Gasteiger partial charge >= 0.3 is 5.69 Å². The number of nitrogens with zero attached hydrogens (tertiary/aromatic N) is 4. The summed E-state index contributed by atoms with van der Waals surface area (Å²) in [6, 6.07) is 0. The average Bonchev–Trinajstić information content (AvgIpc) is 2.81. The molecular weight excluding hydrogens is 248 g/mol. The van der Waals surface area contributed by atoms with Gasteiger partial charge in [0.15, 0.2) is 0 Å². The zero-order chi connectivity index (χ0) is 14.4. The number of nitro groups is 1. The molecule has 0 aliphatic carbocycles. The molecule has 0 unspecified atom stereocenters. The Bertz CT molecular complexity index is 497. The zero-order valence-electron chi connectivity index (χ0n) is 10.8. The van der Waals surface area contributed by atoms with Gasteiger partial charge in [-0.1, -0.05) is 12.2 Å². The van der Waals surface area contributed by atoms with Crippen LogP contribution in [0.25, 0.3) is 0 Å². The fraction of sp³-hybridized carbons (Fsp3) is 0.333. The predicted molar refractivity (Wildman–Crippen MR) is 70.9 cm³/mol. The summed E-state index contributed by atoms with van der Waals surface area (Å²) in [5, 5.41) is 14.8. The highest BCUT2D eigenvalue weighted by molar-refractivity contribution is 5.96. The summed E-state index contributed by atoms with van der Waals surface area (Å²) in [4.78, 5) is 24.1. The standard InChI is InChI=1S/C12H16N4O3/c1-4-7-14(8-5-2)12(17)11-10(16(18)19)9-13-15(11)6-3/h4-5,9H,1-2,6-8H2,3H3. The van der Waals surface area contributed by atoms with Crippen molar-refractivity contribution in [3.8, 4) is 0 Å². The van der Waals surface area contributed by atoms with Gasteiger partial charge in [-0.3, -0.25) is 19.6 Å². The summed E-state index contributed by atoms with van der Waals surface area (Å²) >= 11 is 0. The number of aryl methyl sites for hydroxylation is 1. The van der Waals surface area contributed by atoms with Gasteiger partial charge in [-0.15, -0.1) is 13.2 Å². The molecule has 1 rings (SSSR count). The van der Waals surface area contributed by atoms with E-state index in [1.54, 1.807) is 19.1 Å². The Morgan fingerprint density at radius 3 is 2.53 bits per heavy atom. The van der Waals surface area contributed by atoms with Crippen molar-refractivity contribution < 1.29 is 9.72 Å². The van der Waals surface area contributed by atoms with Gasteiger partial charge in [-0.25, -0.2) is 0 Å². The van der Waals surface area contributed by atoms with Crippen LogP contribution in [0.1, 0.15) is 17.4 Å². The molecule has 19 heavy (non-hydrogen) atoms. The molecule has 0 saturated carbocycles. The van der Waals surface area contributed by atoms with Crippen molar-refractivity contribution in [1.29, 1.82) is 0 Å². The number of carbonyl (C=O) groups excluding carboxylic acids is 1. The summed E-state index contributed by atoms with van der Waals surface area (Å²) in [6.45, 7) is 9.84. The van der Waals surface area contributed by atoms with Gasteiger partial charge in [0.25, 0.3) is 5.91 Å². The molecule has 0 N–H and O–H groups in total. The molecule has 0 bridgehead atoms. The zero-order valence-corrected chi connectivity index (χ0v) is 10.8. The van der Waals surface area contributed by atoms with Gasteiger partial charge in [0.05, 0.1) is 4.92 Å². The van der Waals surface area contributed by atoms with Crippen molar-refractivity contribution in [1.82, 2.24) is 14.7 Å². The number of hydrogen-bond acceptors (Lipinski definition) is 4. The molecule has 0 radical (unpaired) electrons. The maximum absolute atomic E-state index is 12.4. The van der Waals surface area contributed by atoms with E-state index in [-0.39, 0.29) is 24.5 Å². The van der Waals surface area contributed by atoms with E-state index in [9.17, 15) is 14.9 Å². The molecule has 0 atom stereocenters. The van der Waals surface area contributed by atoms with Crippen LogP contribution in [0, 0.1) is 10.1 Å². The van der Waals surface area contributed by atoms with Gasteiger partial charge in [-0.05, 0) is 6.92 Å². The highest BCUT2D eigenvalue weighted by Crippen LogP contribution is 2.19. The first-order chi connectivity index (χ1) is 9.06. The molecule has 1 aromatic heterocycles. The maximum Gasteiger partial charge on any atom is 0.320 e. The van der Waals surface area contributed by atoms with Crippen LogP contribution in [0.15, 0.2) is 31.5 Å². The monoisotopic (exact) mass is 264 g/mol. The summed E-state index contributed by atoms with van der Waals surface area (Å²) in [6.07, 6.45) is 4.20. The van der Waals surface area contributed by atoms with Crippen LogP contribution >= 0.6 is 0 Å². The van der Waals surface area contributed by atoms with Crippen molar-refractivity contribution in [2.24, 2.45) is 0 Å². The van der Waals surface area contributed by atoms with Gasteiger partial charge in [0.1, 0.15) is 6.20 Å². The van der Waals surface area contributed by atoms with Crippen LogP contribution in [0.5, 0.6) is 0 Å². The fourth-order valence-electron chi connectivity index (χ4n) is 1.67. The minimum absolute atomic E-state index is 0.0174. The number of aromatic nitrogens is 2. The molecule has 0 aromatic carbocycles. The second kappa shape index (κ2) is 6.48. The molecule has 0 fully saturated rings. The van der Waals surface area contributed by atoms with Crippen LogP contribution in [0.3, 0.4) is 0 Å². The van der Waals surface area contributed by atoms with Crippen molar-refractivity contribution >= 4 is 11.6 Å². The van der Waals surface area contributed by atoms with Crippen LogP contribution < -0.4 is 0 Å². The van der Waals surface area contributed by atoms with Gasteiger partial charge < -0.3 is 4.90 Å². The smallest absolute Gasteiger partial charge is 0.320 e. The lowest BCUT2D eigenvalue weighted by atomic mass is 10.3. The Morgan fingerprint density at radius 1 is 1.53 bits per heavy atom. The molecule has 7 heteroatoms. The SMILES string of the molecule is C=CCN(CC=C)C(=O)c1c([N+](=O)[O-])cnn1CC. The summed E-state index contributed by atoms with van der Waals surface area (Å²) < 4.78 is 1.32. The molecular formula is C12H16N4O3. The lowest BCUT2D eigenvalue weighted by Crippen LogP contribution is -2.33. The van der Waals surface area contributed by atoms with E-state index in [0.29, 0.717) is 6.54 Å². The summed E-state index contributed by atoms with van der Waals surface area (Å²) in [5.74, 6) is -0.453. The normalized spacial score (nSPS) is 9.95. The van der Waals surface area contributed by atoms with E-state index in [0.717, 1.165) is 6.20 Å². The van der Waals surface area contributed by atoms with Crippen molar-refractivity contribution in [2.75, 3.05) is 13.1 Å². The highest BCUT2D eigenvalue weighted by Gasteiger charge is 2.29. The first kappa shape index (κ1) is 14.6. The van der Waals surface area contributed by atoms with E-state index in [1.165, 1.54) is 9.58 Å². The minimum Gasteiger partial charge on any atom is -0.330 e. The third-order valence-electron chi connectivity index (χ3n) is 2.51. The van der Waals surface area contributed by atoms with E-state index in [1.807, 2.05) is 0 Å². The number of carbonyl (C=O) groups is 1. The second-order valence-corrected chi connectivity index (χ2v) is 3.74. The first-order valence-electron chi connectivity index (χ1n) is 5.78. The van der Waals surface area contributed by atoms with E-state index >= 15 is 0 Å². The number of hydrogen-bond donors (Lipinski definition) is 0. The molecule has 0 aliphatic rings. The van der Waals surface area contributed by atoms with E-state index < -0.39 is 10.8 Å². The molecule has 1 amide bonds. The van der Waals surface area contributed by atoms with Crippen LogP contribution in [0.4, 0.5) is 5.69 Å². The Hall–Kier alpha value is -2.44. The van der Waals surface area contributed by atoms with E-state index in [4.69, 9.17) is 0 Å². The van der Waals surface area contributed by atoms with Crippen molar-refractivity contribution in [2.45, 2.75) is 13.5 Å². The largest absolute Gasteiger partial charge is 0.330 e. The molecule has 7 nitrogen and oxygen atoms in total. The Kier molecular flexibility index (Phi) is 4.99. The first-order valence-corrected chi connectivity index (χ1v) is 5.78. The average molecular weight is 264 g/mol. The second-order valence-electron chi connectivity index (χ2n) is 3.74. The van der Waals surface area contributed by atoms with Crippen molar-refractivity contribution in [3.05, 3.63) is 47.3 Å².